The van der Waals surface area contributed by atoms with Crippen LogP contribution in [-0.4, -0.2) is 74.2 Å². The number of rotatable bonds is 7. The molecule has 4 rings (SSSR count). The fraction of sp³-hybridized carbons (Fsp3) is 0.364. The molecule has 34 heavy (non-hydrogen) atoms. The summed E-state index contributed by atoms with van der Waals surface area (Å²) in [6.45, 7) is 2.90. The lowest BCUT2D eigenvalue weighted by Crippen LogP contribution is -2.37. The van der Waals surface area contributed by atoms with Gasteiger partial charge in [-0.2, -0.15) is 0 Å². The second kappa shape index (κ2) is 11.0. The first kappa shape index (κ1) is 25.8. The molecular formula is C22H25ClFN5O4S. The molecule has 1 amide bonds. The molecule has 0 unspecified atom stereocenters. The number of nitro benzene ring substituents is 1. The molecule has 1 saturated heterocycles. The van der Waals surface area contributed by atoms with Gasteiger partial charge in [0.2, 0.25) is 0 Å². The van der Waals surface area contributed by atoms with E-state index in [9.17, 15) is 19.3 Å². The molecule has 1 aliphatic heterocycles. The lowest BCUT2D eigenvalue weighted by atomic mass is 10.1. The highest BCUT2D eigenvalue weighted by molar-refractivity contribution is 7.22. The number of nitro groups is 1. The number of fused-ring (bicyclic) bond motifs is 1. The first-order valence-corrected chi connectivity index (χ1v) is 11.3. The average Bonchev–Trinajstić information content (AvgIpc) is 3.24. The lowest BCUT2D eigenvalue weighted by Gasteiger charge is -2.28. The van der Waals surface area contributed by atoms with E-state index in [1.54, 1.807) is 24.3 Å². The van der Waals surface area contributed by atoms with Crippen molar-refractivity contribution in [2.45, 2.75) is 0 Å². The van der Waals surface area contributed by atoms with Crippen molar-refractivity contribution in [2.75, 3.05) is 63.3 Å². The molecule has 2 heterocycles. The van der Waals surface area contributed by atoms with Gasteiger partial charge in [-0.15, -0.1) is 12.4 Å². The molecule has 2 aromatic carbocycles. The zero-order valence-electron chi connectivity index (χ0n) is 18.8. The zero-order chi connectivity index (χ0) is 23.5. The van der Waals surface area contributed by atoms with Gasteiger partial charge < -0.3 is 14.5 Å². The second-order valence-electron chi connectivity index (χ2n) is 7.90. The first-order chi connectivity index (χ1) is 15.8. The van der Waals surface area contributed by atoms with Crippen LogP contribution in [0.3, 0.4) is 0 Å². The Labute approximate surface area is 206 Å². The quantitative estimate of drug-likeness (QED) is 0.353. The van der Waals surface area contributed by atoms with Gasteiger partial charge in [0, 0.05) is 37.8 Å². The summed E-state index contributed by atoms with van der Waals surface area (Å²) in [4.78, 5) is 34.5. The van der Waals surface area contributed by atoms with Gasteiger partial charge in [0.05, 0.1) is 22.8 Å². The minimum Gasteiger partial charge on any atom is -0.378 e. The van der Waals surface area contributed by atoms with Crippen molar-refractivity contribution >= 4 is 56.4 Å². The molecule has 1 aromatic heterocycles. The molecule has 0 saturated carbocycles. The third-order valence-corrected chi connectivity index (χ3v) is 6.42. The van der Waals surface area contributed by atoms with Crippen LogP contribution in [0.5, 0.6) is 0 Å². The highest BCUT2D eigenvalue weighted by Crippen LogP contribution is 2.33. The maximum atomic E-state index is 14.2. The Bertz CT molecular complexity index is 1190. The molecule has 1 aliphatic rings. The van der Waals surface area contributed by atoms with Gasteiger partial charge in [0.1, 0.15) is 17.0 Å². The summed E-state index contributed by atoms with van der Waals surface area (Å²) in [5, 5.41) is 12.2. The van der Waals surface area contributed by atoms with Crippen LogP contribution >= 0.6 is 23.7 Å². The number of benzene rings is 2. The number of hydrogen-bond acceptors (Lipinski definition) is 8. The Morgan fingerprint density at radius 2 is 1.97 bits per heavy atom. The van der Waals surface area contributed by atoms with E-state index < -0.39 is 16.6 Å². The third-order valence-electron chi connectivity index (χ3n) is 5.38. The first-order valence-electron chi connectivity index (χ1n) is 10.5. The number of ether oxygens (including phenoxy) is 1. The fourth-order valence-corrected chi connectivity index (χ4v) is 4.64. The minimum absolute atomic E-state index is 0. The summed E-state index contributed by atoms with van der Waals surface area (Å²) in [6, 6.07) is 9.18. The smallest absolute Gasteiger partial charge is 0.293 e. The number of para-hydroxylation sites is 1. The molecule has 0 bridgehead atoms. The van der Waals surface area contributed by atoms with Crippen molar-refractivity contribution in [3.63, 3.8) is 0 Å². The monoisotopic (exact) mass is 509 g/mol. The predicted octanol–water partition coefficient (Wildman–Crippen LogP) is 3.81. The van der Waals surface area contributed by atoms with Crippen molar-refractivity contribution in [3.05, 3.63) is 57.9 Å². The van der Waals surface area contributed by atoms with Crippen LogP contribution in [0.4, 0.5) is 20.9 Å². The van der Waals surface area contributed by atoms with Gasteiger partial charge in [-0.05, 0) is 38.4 Å². The summed E-state index contributed by atoms with van der Waals surface area (Å²) in [6.07, 6.45) is 0. The fourth-order valence-electron chi connectivity index (χ4n) is 3.63. The number of nitrogens with zero attached hydrogens (tertiary/aromatic N) is 5. The Hall–Kier alpha value is -2.86. The maximum Gasteiger partial charge on any atom is 0.293 e. The second-order valence-corrected chi connectivity index (χ2v) is 8.91. The Morgan fingerprint density at radius 1 is 1.24 bits per heavy atom. The van der Waals surface area contributed by atoms with E-state index in [0.29, 0.717) is 54.9 Å². The van der Waals surface area contributed by atoms with Crippen LogP contribution in [0.25, 0.3) is 10.2 Å². The van der Waals surface area contributed by atoms with Crippen molar-refractivity contribution in [2.24, 2.45) is 0 Å². The van der Waals surface area contributed by atoms with Crippen molar-refractivity contribution in [1.29, 1.82) is 0 Å². The number of morpholine rings is 1. The Morgan fingerprint density at radius 3 is 2.62 bits per heavy atom. The van der Waals surface area contributed by atoms with Gasteiger partial charge in [-0.3, -0.25) is 19.8 Å². The highest BCUT2D eigenvalue weighted by atomic mass is 35.5. The van der Waals surface area contributed by atoms with Crippen molar-refractivity contribution in [3.8, 4) is 0 Å². The van der Waals surface area contributed by atoms with Crippen LogP contribution in [-0.2, 0) is 4.74 Å². The molecule has 3 aromatic rings. The zero-order valence-corrected chi connectivity index (χ0v) is 20.4. The molecule has 0 spiro atoms. The standard InChI is InChI=1S/C22H24FN5O4S.ClH/c1-25(2)8-9-27(22-24-20-16(23)4-3-5-19(20)33-22)21(29)15-6-7-17(18(14-15)28(30)31)26-10-12-32-13-11-26;/h3-7,14H,8-13H2,1-2H3;1H. The lowest BCUT2D eigenvalue weighted by molar-refractivity contribution is -0.384. The largest absolute Gasteiger partial charge is 0.378 e. The van der Waals surface area contributed by atoms with Crippen LogP contribution in [0, 0.1) is 15.9 Å². The number of carbonyl (C=O) groups excluding carboxylic acids is 1. The topological polar surface area (TPSA) is 92.0 Å². The van der Waals surface area contributed by atoms with Crippen molar-refractivity contribution in [1.82, 2.24) is 9.88 Å². The average molecular weight is 510 g/mol. The predicted molar refractivity (Wildman–Crippen MR) is 133 cm³/mol. The summed E-state index contributed by atoms with van der Waals surface area (Å²) >= 11 is 1.21. The van der Waals surface area contributed by atoms with Crippen LogP contribution in [0.1, 0.15) is 10.4 Å². The van der Waals surface area contributed by atoms with E-state index in [0.717, 1.165) is 0 Å². The van der Waals surface area contributed by atoms with E-state index in [1.807, 2.05) is 23.9 Å². The van der Waals surface area contributed by atoms with E-state index >= 15 is 0 Å². The van der Waals surface area contributed by atoms with E-state index in [2.05, 4.69) is 4.98 Å². The van der Waals surface area contributed by atoms with Gasteiger partial charge in [-0.1, -0.05) is 17.4 Å². The number of aromatic nitrogens is 1. The molecule has 182 valence electrons. The number of carbonyl (C=O) groups is 1. The maximum absolute atomic E-state index is 14.2. The number of likely N-dealkylation sites (N-methyl/N-ethyl adjacent to an activating group) is 1. The summed E-state index contributed by atoms with van der Waals surface area (Å²) < 4.78 is 20.2. The molecule has 0 aliphatic carbocycles. The van der Waals surface area contributed by atoms with Crippen LogP contribution in [0.2, 0.25) is 0 Å². The number of halogens is 2. The van der Waals surface area contributed by atoms with E-state index in [1.165, 1.54) is 28.4 Å². The summed E-state index contributed by atoms with van der Waals surface area (Å²) in [7, 11) is 3.76. The Kier molecular flexibility index (Phi) is 8.37. The van der Waals surface area contributed by atoms with Gasteiger partial charge >= 0.3 is 0 Å². The molecule has 0 N–H and O–H groups in total. The van der Waals surface area contributed by atoms with E-state index in [-0.39, 0.29) is 29.2 Å². The normalized spacial score (nSPS) is 13.7. The molecule has 0 radical (unpaired) electrons. The molecule has 12 heteroatoms. The highest BCUT2D eigenvalue weighted by Gasteiger charge is 2.27. The number of hydrogen-bond donors (Lipinski definition) is 0. The minimum atomic E-state index is -0.473. The molecule has 9 nitrogen and oxygen atoms in total. The van der Waals surface area contributed by atoms with Crippen molar-refractivity contribution < 1.29 is 18.8 Å². The number of amides is 1. The molecule has 0 atom stereocenters. The van der Waals surface area contributed by atoms with Crippen LogP contribution in [0.15, 0.2) is 36.4 Å². The number of anilines is 2. The third kappa shape index (κ3) is 5.44. The van der Waals surface area contributed by atoms with Crippen LogP contribution < -0.4 is 9.80 Å². The van der Waals surface area contributed by atoms with Gasteiger partial charge in [0.25, 0.3) is 11.6 Å². The van der Waals surface area contributed by atoms with E-state index in [4.69, 9.17) is 4.74 Å². The van der Waals surface area contributed by atoms with Gasteiger partial charge in [0.15, 0.2) is 5.13 Å². The summed E-state index contributed by atoms with van der Waals surface area (Å²) in [5.74, 6) is -0.881. The molecular weight excluding hydrogens is 485 g/mol. The summed E-state index contributed by atoms with van der Waals surface area (Å²) in [5.41, 5.74) is 0.707. The van der Waals surface area contributed by atoms with Gasteiger partial charge in [-0.25, -0.2) is 9.37 Å². The Balaban J connectivity index is 0.00000324. The molecule has 1 fully saturated rings. The SMILES string of the molecule is CN(C)CCN(C(=O)c1ccc(N2CCOCC2)c([N+](=O)[O-])c1)c1nc2c(F)cccc2s1.Cl. The number of thiazole rings is 1.